The topological polar surface area (TPSA) is 133 Å². The number of alkyl halides is 1. The van der Waals surface area contributed by atoms with E-state index in [1.54, 1.807) is 20.9 Å². The third kappa shape index (κ3) is 7.04. The zero-order valence-corrected chi connectivity index (χ0v) is 29.4. The number of hydrogen-bond acceptors (Lipinski definition) is 9. The molecule has 1 radical (unpaired) electrons. The summed E-state index contributed by atoms with van der Waals surface area (Å²) >= 11 is 0. The van der Waals surface area contributed by atoms with Crippen molar-refractivity contribution in [1.29, 1.82) is 0 Å². The van der Waals surface area contributed by atoms with Gasteiger partial charge in [0.1, 0.15) is 12.2 Å². The van der Waals surface area contributed by atoms with Gasteiger partial charge in [0.25, 0.3) is 0 Å². The lowest BCUT2D eigenvalue weighted by molar-refractivity contribution is -0.118. The Morgan fingerprint density at radius 3 is 2.28 bits per heavy atom. The average Bonchev–Trinajstić information content (AvgIpc) is 3.47. The van der Waals surface area contributed by atoms with Crippen LogP contribution in [0.1, 0.15) is 75.5 Å². The standard InChI is InChI=1S/C29H50FN6O5Si2/c1-13-29(30)23(41-42(17(4)5)18(6)7)21(14-39-43(38,19(8)9)20(10)11)40-27(29)36-15-32-22-24(31-12)33-28(34-25(22)36)35-26(37)16(2)3/h13,15-21,23,27,38H,1,14H2,2-12H3,(H2,31,33,34,35,37)/t21-,23?,27-,29-/m1/s1. The number of hydrogen-bond donors (Lipinski definition) is 3. The number of nitrogens with one attached hydrogen (secondary N) is 2. The molecule has 2 aromatic rings. The van der Waals surface area contributed by atoms with Crippen LogP contribution in [-0.2, 0) is 18.4 Å². The first kappa shape index (κ1) is 35.2. The molecule has 2 aromatic heterocycles. The van der Waals surface area contributed by atoms with E-state index < -0.39 is 41.7 Å². The molecule has 3 heterocycles. The Kier molecular flexibility index (Phi) is 11.3. The number of amides is 1. The summed E-state index contributed by atoms with van der Waals surface area (Å²) in [6.07, 6.45) is -0.511. The van der Waals surface area contributed by atoms with E-state index in [2.05, 4.69) is 59.9 Å². The molecule has 4 atom stereocenters. The maximum Gasteiger partial charge on any atom is 0.340 e. The number of nitrogens with zero attached hydrogens (tertiary/aromatic N) is 4. The number of carbonyl (C=O) groups is 1. The van der Waals surface area contributed by atoms with Gasteiger partial charge in [-0.1, -0.05) is 75.8 Å². The van der Waals surface area contributed by atoms with Crippen LogP contribution >= 0.6 is 0 Å². The Morgan fingerprint density at radius 1 is 1.19 bits per heavy atom. The van der Waals surface area contributed by atoms with Gasteiger partial charge in [-0.2, -0.15) is 9.97 Å². The van der Waals surface area contributed by atoms with Crippen LogP contribution in [0.5, 0.6) is 0 Å². The number of rotatable bonds is 14. The molecule has 0 saturated carbocycles. The van der Waals surface area contributed by atoms with Gasteiger partial charge >= 0.3 is 8.56 Å². The Balaban J connectivity index is 2.14. The minimum atomic E-state index is -3.18. The molecule has 1 unspecified atom stereocenters. The van der Waals surface area contributed by atoms with Crippen molar-refractivity contribution in [3.8, 4) is 0 Å². The van der Waals surface area contributed by atoms with Gasteiger partial charge in [-0.05, 0) is 28.2 Å². The lowest BCUT2D eigenvalue weighted by Crippen LogP contribution is -2.51. The highest BCUT2D eigenvalue weighted by atomic mass is 28.4. The third-order valence-corrected chi connectivity index (χ3v) is 14.7. The highest BCUT2D eigenvalue weighted by molar-refractivity contribution is 6.68. The van der Waals surface area contributed by atoms with Crippen LogP contribution < -0.4 is 10.6 Å². The Bertz CT molecular complexity index is 1260. The van der Waals surface area contributed by atoms with Crippen LogP contribution in [0.15, 0.2) is 19.0 Å². The number of fused-ring (bicyclic) bond motifs is 1. The smallest absolute Gasteiger partial charge is 0.340 e. The molecule has 0 aromatic carbocycles. The third-order valence-electron chi connectivity index (χ3n) is 7.97. The minimum absolute atomic E-state index is 0.0514. The quantitative estimate of drug-likeness (QED) is 0.176. The second kappa shape index (κ2) is 13.8. The molecule has 241 valence electrons. The molecule has 0 bridgehead atoms. The van der Waals surface area contributed by atoms with Gasteiger partial charge in [0.05, 0.1) is 12.9 Å². The van der Waals surface area contributed by atoms with Gasteiger partial charge in [-0.15, -0.1) is 0 Å². The van der Waals surface area contributed by atoms with Crippen LogP contribution in [-0.4, -0.2) is 79.4 Å². The maximum absolute atomic E-state index is 17.5. The minimum Gasteiger partial charge on any atom is -0.410 e. The van der Waals surface area contributed by atoms with Gasteiger partial charge in [-0.3, -0.25) is 14.7 Å². The molecule has 3 N–H and O–H groups in total. The summed E-state index contributed by atoms with van der Waals surface area (Å²) in [5.41, 5.74) is -1.33. The summed E-state index contributed by atoms with van der Waals surface area (Å²) < 4.78 is 38.4. The van der Waals surface area contributed by atoms with Crippen molar-refractivity contribution in [3.63, 3.8) is 0 Å². The molecule has 1 amide bonds. The fourth-order valence-corrected chi connectivity index (χ4v) is 10.4. The first-order chi connectivity index (χ1) is 20.0. The summed E-state index contributed by atoms with van der Waals surface area (Å²) in [6, 6.07) is 0. The Hall–Kier alpha value is -2.24. The van der Waals surface area contributed by atoms with Gasteiger partial charge in [0.15, 0.2) is 23.2 Å². The summed E-state index contributed by atoms with van der Waals surface area (Å²) in [7, 11) is -3.02. The number of ether oxygens (including phenoxy) is 1. The van der Waals surface area contributed by atoms with Crippen molar-refractivity contribution in [2.24, 2.45) is 5.92 Å². The maximum atomic E-state index is 17.5. The number of anilines is 2. The van der Waals surface area contributed by atoms with Gasteiger partial charge in [-0.25, -0.2) is 9.37 Å². The second-order valence-electron chi connectivity index (χ2n) is 12.8. The van der Waals surface area contributed by atoms with E-state index >= 15 is 4.39 Å². The van der Waals surface area contributed by atoms with Gasteiger partial charge in [0, 0.05) is 13.0 Å². The molecule has 43 heavy (non-hydrogen) atoms. The molecule has 0 spiro atoms. The van der Waals surface area contributed by atoms with Crippen LogP contribution in [0.3, 0.4) is 0 Å². The predicted octanol–water partition coefficient (Wildman–Crippen LogP) is 5.72. The van der Waals surface area contributed by atoms with Crippen LogP contribution in [0, 0.1) is 5.92 Å². The van der Waals surface area contributed by atoms with Crippen LogP contribution in [0.25, 0.3) is 11.2 Å². The lowest BCUT2D eigenvalue weighted by Gasteiger charge is -2.36. The molecular weight excluding hydrogens is 588 g/mol. The van der Waals surface area contributed by atoms with E-state index in [9.17, 15) is 9.59 Å². The number of imidazole rings is 1. The molecule has 1 aliphatic heterocycles. The molecule has 0 aliphatic carbocycles. The number of aromatic nitrogens is 4. The predicted molar refractivity (Wildman–Crippen MR) is 171 cm³/mol. The fourth-order valence-electron chi connectivity index (χ4n) is 5.43. The van der Waals surface area contributed by atoms with E-state index in [4.69, 9.17) is 13.6 Å². The fraction of sp³-hybridized carbons (Fsp3) is 0.724. The molecular formula is C29H50FN6O5Si2. The molecule has 1 saturated heterocycles. The summed E-state index contributed by atoms with van der Waals surface area (Å²) in [5.74, 6) is -0.131. The van der Waals surface area contributed by atoms with E-state index in [-0.39, 0.29) is 52.2 Å². The normalized spacial score (nSPS) is 23.1. The summed E-state index contributed by atoms with van der Waals surface area (Å²) in [5, 5.41) is 5.70. The van der Waals surface area contributed by atoms with Crippen LogP contribution in [0.2, 0.25) is 22.2 Å². The number of halogens is 1. The first-order valence-corrected chi connectivity index (χ1v) is 18.7. The monoisotopic (exact) mass is 637 g/mol. The number of carbonyl (C=O) groups excluding carboxylic acids is 1. The lowest BCUT2D eigenvalue weighted by atomic mass is 9.96. The van der Waals surface area contributed by atoms with Crippen molar-refractivity contribution in [2.75, 3.05) is 24.3 Å². The molecule has 3 rings (SSSR count). The summed E-state index contributed by atoms with van der Waals surface area (Å²) in [4.78, 5) is 37.3. The summed E-state index contributed by atoms with van der Waals surface area (Å²) in [6.45, 7) is 23.4. The second-order valence-corrected chi connectivity index (χ2v) is 20.2. The SMILES string of the molecule is C=C[C@@]1(F)C(O[Si](C(C)C)C(C)C)[C@@H](CO[Si](O)(C(C)C)C(C)C)O[C@H]1n1cnc2c(NC)nc(NC(=O)C(C)C)nc21. The van der Waals surface area contributed by atoms with E-state index in [0.717, 1.165) is 0 Å². The molecule has 1 aliphatic rings. The van der Waals surface area contributed by atoms with E-state index in [1.807, 2.05) is 27.7 Å². The van der Waals surface area contributed by atoms with Crippen molar-refractivity contribution in [1.82, 2.24) is 19.5 Å². The first-order valence-electron chi connectivity index (χ1n) is 15.1. The van der Waals surface area contributed by atoms with Crippen molar-refractivity contribution in [3.05, 3.63) is 19.0 Å². The van der Waals surface area contributed by atoms with Crippen molar-refractivity contribution >= 4 is 46.4 Å². The largest absolute Gasteiger partial charge is 0.410 e. The Labute approximate surface area is 258 Å². The molecule has 11 nitrogen and oxygen atoms in total. The Morgan fingerprint density at radius 2 is 1.79 bits per heavy atom. The molecule has 14 heteroatoms. The highest BCUT2D eigenvalue weighted by Gasteiger charge is 2.59. The zero-order valence-electron chi connectivity index (χ0n) is 27.4. The van der Waals surface area contributed by atoms with Gasteiger partial charge in [0.2, 0.25) is 26.6 Å². The van der Waals surface area contributed by atoms with Crippen molar-refractivity contribution < 1.29 is 27.6 Å². The van der Waals surface area contributed by atoms with E-state index in [0.29, 0.717) is 11.3 Å². The highest BCUT2D eigenvalue weighted by Crippen LogP contribution is 2.47. The van der Waals surface area contributed by atoms with Crippen molar-refractivity contribution in [2.45, 2.75) is 116 Å². The average molecular weight is 638 g/mol. The van der Waals surface area contributed by atoms with Gasteiger partial charge < -0.3 is 23.7 Å². The van der Waals surface area contributed by atoms with E-state index in [1.165, 1.54) is 17.0 Å². The zero-order chi connectivity index (χ0) is 32.4. The van der Waals surface area contributed by atoms with Crippen LogP contribution in [0.4, 0.5) is 16.2 Å². The molecule has 1 fully saturated rings.